The van der Waals surface area contributed by atoms with Gasteiger partial charge >= 0.3 is 0 Å². The van der Waals surface area contributed by atoms with Crippen molar-refractivity contribution >= 4 is 9.84 Å². The molecule has 3 saturated heterocycles. The molecule has 3 heterocycles. The predicted molar refractivity (Wildman–Crippen MR) is 77.1 cm³/mol. The Labute approximate surface area is 117 Å². The van der Waals surface area contributed by atoms with Crippen LogP contribution < -0.4 is 0 Å². The van der Waals surface area contributed by atoms with Gasteiger partial charge in [-0.3, -0.25) is 4.90 Å². The van der Waals surface area contributed by atoms with Crippen molar-refractivity contribution in [3.63, 3.8) is 0 Å². The fourth-order valence-corrected chi connectivity index (χ4v) is 5.80. The van der Waals surface area contributed by atoms with E-state index in [1.54, 1.807) is 0 Å². The van der Waals surface area contributed by atoms with E-state index in [1.807, 2.05) is 0 Å². The molecule has 2 atom stereocenters. The van der Waals surface area contributed by atoms with Crippen molar-refractivity contribution in [2.45, 2.75) is 49.8 Å². The van der Waals surface area contributed by atoms with Crippen LogP contribution in [-0.4, -0.2) is 68.0 Å². The van der Waals surface area contributed by atoms with Crippen molar-refractivity contribution in [2.24, 2.45) is 0 Å². The van der Waals surface area contributed by atoms with Gasteiger partial charge in [-0.1, -0.05) is 12.8 Å². The number of hydrogen-bond donors (Lipinski definition) is 0. The highest BCUT2D eigenvalue weighted by Gasteiger charge is 2.49. The van der Waals surface area contributed by atoms with E-state index in [0.29, 0.717) is 11.8 Å². The topological polar surface area (TPSA) is 40.6 Å². The third-order valence-electron chi connectivity index (χ3n) is 5.04. The van der Waals surface area contributed by atoms with Crippen molar-refractivity contribution < 1.29 is 8.42 Å². The first-order valence-electron chi connectivity index (χ1n) is 7.85. The molecule has 0 aromatic heterocycles. The zero-order valence-electron chi connectivity index (χ0n) is 11.8. The lowest BCUT2D eigenvalue weighted by Gasteiger charge is -2.47. The van der Waals surface area contributed by atoms with Gasteiger partial charge in [-0.2, -0.15) is 0 Å². The molecule has 3 fully saturated rings. The Morgan fingerprint density at radius 1 is 0.842 bits per heavy atom. The summed E-state index contributed by atoms with van der Waals surface area (Å²) in [6.45, 7) is 5.19. The minimum atomic E-state index is -2.80. The molecule has 0 saturated carbocycles. The Bertz CT molecular complexity index is 398. The van der Waals surface area contributed by atoms with Crippen LogP contribution in [0.1, 0.15) is 38.5 Å². The van der Waals surface area contributed by atoms with E-state index in [0.717, 1.165) is 32.7 Å². The van der Waals surface area contributed by atoms with Gasteiger partial charge in [0.25, 0.3) is 0 Å². The largest absolute Gasteiger partial charge is 0.302 e. The normalized spacial score (nSPS) is 36.8. The van der Waals surface area contributed by atoms with Crippen LogP contribution in [0, 0.1) is 0 Å². The number of nitrogens with zero attached hydrogens (tertiary/aromatic N) is 2. The molecular formula is C14H26N2O2S. The highest BCUT2D eigenvalue weighted by Crippen LogP contribution is 2.30. The summed E-state index contributed by atoms with van der Waals surface area (Å²) in [5, 5.41) is -0.108. The summed E-state index contributed by atoms with van der Waals surface area (Å²) in [6, 6.07) is 0.312. The molecule has 5 heteroatoms. The lowest BCUT2D eigenvalue weighted by molar-refractivity contribution is 0.134. The van der Waals surface area contributed by atoms with Crippen LogP contribution in [0.4, 0.5) is 0 Å². The van der Waals surface area contributed by atoms with E-state index in [4.69, 9.17) is 0 Å². The summed E-state index contributed by atoms with van der Waals surface area (Å²) in [5.74, 6) is 0.408. The maximum absolute atomic E-state index is 12.1. The number of rotatable bonds is 3. The molecule has 0 aliphatic carbocycles. The minimum Gasteiger partial charge on any atom is -0.302 e. The van der Waals surface area contributed by atoms with Crippen LogP contribution in [0.5, 0.6) is 0 Å². The van der Waals surface area contributed by atoms with Crippen LogP contribution in [-0.2, 0) is 9.84 Å². The summed E-state index contributed by atoms with van der Waals surface area (Å²) in [4.78, 5) is 4.82. The smallest absolute Gasteiger partial charge is 0.157 e. The summed E-state index contributed by atoms with van der Waals surface area (Å²) in [5.41, 5.74) is 0. The lowest BCUT2D eigenvalue weighted by atomic mass is 10.0. The zero-order valence-corrected chi connectivity index (χ0v) is 12.6. The summed E-state index contributed by atoms with van der Waals surface area (Å²) < 4.78 is 24.2. The van der Waals surface area contributed by atoms with Gasteiger partial charge < -0.3 is 4.90 Å². The monoisotopic (exact) mass is 286 g/mol. The number of likely N-dealkylation sites (tertiary alicyclic amines) is 2. The number of sulfone groups is 1. The molecule has 0 aromatic carbocycles. The van der Waals surface area contributed by atoms with Gasteiger partial charge in [-0.05, 0) is 51.9 Å². The van der Waals surface area contributed by atoms with Crippen molar-refractivity contribution in [1.29, 1.82) is 0 Å². The summed E-state index contributed by atoms with van der Waals surface area (Å²) in [6.07, 6.45) is 7.58. The predicted octanol–water partition coefficient (Wildman–Crippen LogP) is 1.12. The maximum atomic E-state index is 12.1. The molecular weight excluding hydrogens is 260 g/mol. The Morgan fingerprint density at radius 3 is 2.00 bits per heavy atom. The van der Waals surface area contributed by atoms with E-state index in [9.17, 15) is 8.42 Å². The van der Waals surface area contributed by atoms with E-state index < -0.39 is 9.84 Å². The second-order valence-corrected chi connectivity index (χ2v) is 8.66. The molecule has 3 aliphatic heterocycles. The highest BCUT2D eigenvalue weighted by molar-refractivity contribution is 7.93. The Kier molecular flexibility index (Phi) is 4.15. The molecule has 110 valence electrons. The Morgan fingerprint density at radius 2 is 1.42 bits per heavy atom. The van der Waals surface area contributed by atoms with Gasteiger partial charge in [0.1, 0.15) is 0 Å². The molecule has 0 spiro atoms. The average Bonchev–Trinajstić information content (AvgIpc) is 2.45. The lowest BCUT2D eigenvalue weighted by Crippen LogP contribution is -2.64. The Balaban J connectivity index is 1.62. The van der Waals surface area contributed by atoms with Gasteiger partial charge in [-0.15, -0.1) is 0 Å². The van der Waals surface area contributed by atoms with E-state index in [1.165, 1.54) is 38.5 Å². The first-order chi connectivity index (χ1) is 9.17. The molecule has 0 amide bonds. The molecule has 0 bridgehead atoms. The van der Waals surface area contributed by atoms with Crippen LogP contribution in [0.15, 0.2) is 0 Å². The fourth-order valence-electron chi connectivity index (χ4n) is 3.81. The van der Waals surface area contributed by atoms with Crippen LogP contribution in [0.3, 0.4) is 0 Å². The number of hydrogen-bond acceptors (Lipinski definition) is 4. The van der Waals surface area contributed by atoms with Gasteiger partial charge in [0.05, 0.1) is 11.0 Å². The quantitative estimate of drug-likeness (QED) is 0.780. The van der Waals surface area contributed by atoms with Crippen molar-refractivity contribution in [3.05, 3.63) is 0 Å². The first kappa shape index (κ1) is 13.8. The van der Waals surface area contributed by atoms with E-state index in [-0.39, 0.29) is 5.25 Å². The van der Waals surface area contributed by atoms with Gasteiger partial charge in [0.2, 0.25) is 0 Å². The standard InChI is InChI=1S/C14H26N2O2S/c17-19(18)12-13(16-9-5-2-6-10-16)14(19)11-15-7-3-1-4-8-15/h13-14H,1-12H2/t13-,14-/m1/s1. The molecule has 0 radical (unpaired) electrons. The average molecular weight is 286 g/mol. The molecule has 3 rings (SSSR count). The molecule has 4 nitrogen and oxygen atoms in total. The fraction of sp³-hybridized carbons (Fsp3) is 1.00. The van der Waals surface area contributed by atoms with Crippen LogP contribution in [0.25, 0.3) is 0 Å². The molecule has 3 aliphatic rings. The highest BCUT2D eigenvalue weighted by atomic mass is 32.2. The molecule has 0 aromatic rings. The number of piperidine rings is 2. The summed E-state index contributed by atoms with van der Waals surface area (Å²) >= 11 is 0. The second-order valence-electron chi connectivity index (χ2n) is 6.39. The van der Waals surface area contributed by atoms with Gasteiger partial charge in [-0.25, -0.2) is 8.42 Å². The Hall–Kier alpha value is -0.130. The molecule has 0 unspecified atom stereocenters. The first-order valence-corrected chi connectivity index (χ1v) is 9.56. The van der Waals surface area contributed by atoms with Gasteiger partial charge in [0.15, 0.2) is 9.84 Å². The second kappa shape index (κ2) is 5.70. The van der Waals surface area contributed by atoms with E-state index in [2.05, 4.69) is 9.80 Å². The van der Waals surface area contributed by atoms with Crippen molar-refractivity contribution in [1.82, 2.24) is 9.80 Å². The van der Waals surface area contributed by atoms with Crippen LogP contribution in [0.2, 0.25) is 0 Å². The van der Waals surface area contributed by atoms with Crippen molar-refractivity contribution in [2.75, 3.05) is 38.5 Å². The maximum Gasteiger partial charge on any atom is 0.157 e. The summed E-state index contributed by atoms with van der Waals surface area (Å²) in [7, 11) is -2.80. The third-order valence-corrected chi connectivity index (χ3v) is 7.23. The van der Waals surface area contributed by atoms with Gasteiger partial charge in [0, 0.05) is 12.6 Å². The van der Waals surface area contributed by atoms with Crippen LogP contribution >= 0.6 is 0 Å². The molecule has 19 heavy (non-hydrogen) atoms. The SMILES string of the molecule is O=S1(=O)C[C@@H](N2CCCCC2)[C@H]1CN1CCCCC1. The zero-order chi connectivity index (χ0) is 13.3. The minimum absolute atomic E-state index is 0.108. The third kappa shape index (κ3) is 2.98. The molecule has 0 N–H and O–H groups in total. The van der Waals surface area contributed by atoms with E-state index >= 15 is 0 Å². The van der Waals surface area contributed by atoms with Crippen molar-refractivity contribution in [3.8, 4) is 0 Å².